The van der Waals surface area contributed by atoms with Crippen LogP contribution in [0.25, 0.3) is 0 Å². The zero-order valence-corrected chi connectivity index (χ0v) is 6.35. The molecular weight excluding hydrogens is 132 g/mol. The van der Waals surface area contributed by atoms with E-state index < -0.39 is 0 Å². The first-order chi connectivity index (χ1) is 4.68. The maximum Gasteiger partial charge on any atom is 0.333 e. The van der Waals surface area contributed by atoms with Gasteiger partial charge >= 0.3 is 5.97 Å². The van der Waals surface area contributed by atoms with E-state index in [4.69, 9.17) is 0 Å². The van der Waals surface area contributed by atoms with Gasteiger partial charge in [0, 0.05) is 12.7 Å². The lowest BCUT2D eigenvalue weighted by Gasteiger charge is -2.01. The third kappa shape index (κ3) is 4.09. The number of hydrogen-bond acceptors (Lipinski definition) is 3. The van der Waals surface area contributed by atoms with Crippen LogP contribution in [-0.2, 0) is 14.3 Å². The Hall–Kier alpha value is -0.830. The minimum Gasteiger partial charge on any atom is -0.460 e. The number of methoxy groups -OCH3 is 1. The zero-order chi connectivity index (χ0) is 7.98. The zero-order valence-electron chi connectivity index (χ0n) is 6.35. The van der Waals surface area contributed by atoms with Crippen molar-refractivity contribution in [1.82, 2.24) is 0 Å². The molecule has 0 radical (unpaired) electrons. The van der Waals surface area contributed by atoms with Crippen LogP contribution in [0, 0.1) is 0 Å². The van der Waals surface area contributed by atoms with E-state index in [0.29, 0.717) is 18.8 Å². The third-order valence-electron chi connectivity index (χ3n) is 0.869. The van der Waals surface area contributed by atoms with E-state index in [2.05, 4.69) is 16.1 Å². The first-order valence-electron chi connectivity index (χ1n) is 3.00. The summed E-state index contributed by atoms with van der Waals surface area (Å²) in [7, 11) is 1.55. The summed E-state index contributed by atoms with van der Waals surface area (Å²) in [6.45, 7) is 5.75. The molecule has 0 aromatic carbocycles. The Kier molecular flexibility index (Phi) is 4.58. The molecule has 0 unspecified atom stereocenters. The lowest BCUT2D eigenvalue weighted by atomic mass is 10.4. The lowest BCUT2D eigenvalue weighted by molar-refractivity contribution is -0.140. The standard InChI is InChI=1S/C7H12O3/c1-6(2)7(8)10-5-4-9-3/h1,4-5H2,2-3H3. The van der Waals surface area contributed by atoms with Crippen molar-refractivity contribution >= 4 is 5.97 Å². The second kappa shape index (κ2) is 4.99. The summed E-state index contributed by atoms with van der Waals surface area (Å²) in [5, 5.41) is 0. The normalized spacial score (nSPS) is 9.00. The van der Waals surface area contributed by atoms with E-state index in [1.54, 1.807) is 14.0 Å². The number of hydrogen-bond donors (Lipinski definition) is 0. The van der Waals surface area contributed by atoms with E-state index in [1.807, 2.05) is 0 Å². The van der Waals surface area contributed by atoms with Gasteiger partial charge in [0.05, 0.1) is 6.61 Å². The Morgan fingerprint density at radius 2 is 2.10 bits per heavy atom. The van der Waals surface area contributed by atoms with Crippen LogP contribution < -0.4 is 0 Å². The van der Waals surface area contributed by atoms with Gasteiger partial charge in [0.25, 0.3) is 0 Å². The molecule has 10 heavy (non-hydrogen) atoms. The highest BCUT2D eigenvalue weighted by Gasteiger charge is 2.00. The molecule has 58 valence electrons. The molecule has 0 spiro atoms. The van der Waals surface area contributed by atoms with Gasteiger partial charge in [0.15, 0.2) is 0 Å². The number of esters is 1. The Morgan fingerprint density at radius 1 is 1.50 bits per heavy atom. The second-order valence-corrected chi connectivity index (χ2v) is 1.91. The van der Waals surface area contributed by atoms with Gasteiger partial charge in [-0.05, 0) is 6.92 Å². The smallest absolute Gasteiger partial charge is 0.333 e. The molecule has 0 saturated carbocycles. The molecule has 0 rings (SSSR count). The van der Waals surface area contributed by atoms with Crippen LogP contribution in [0.3, 0.4) is 0 Å². The lowest BCUT2D eigenvalue weighted by Crippen LogP contribution is -2.09. The molecule has 3 nitrogen and oxygen atoms in total. The van der Waals surface area contributed by atoms with E-state index >= 15 is 0 Å². The molecule has 0 saturated heterocycles. The third-order valence-corrected chi connectivity index (χ3v) is 0.869. The summed E-state index contributed by atoms with van der Waals surface area (Å²) in [6.07, 6.45) is 0. The maximum atomic E-state index is 10.6. The molecule has 0 fully saturated rings. The van der Waals surface area contributed by atoms with Crippen LogP contribution in [0.5, 0.6) is 0 Å². The average Bonchev–Trinajstić information content (AvgIpc) is 1.88. The number of carbonyl (C=O) groups excluding carboxylic acids is 1. The molecule has 3 heteroatoms. The molecule has 0 aliphatic carbocycles. The molecule has 0 aromatic heterocycles. The van der Waals surface area contributed by atoms with Crippen molar-refractivity contribution in [1.29, 1.82) is 0 Å². The van der Waals surface area contributed by atoms with Crippen molar-refractivity contribution in [3.63, 3.8) is 0 Å². The molecule has 0 amide bonds. The quantitative estimate of drug-likeness (QED) is 0.332. The molecule has 0 N–H and O–H groups in total. The Balaban J connectivity index is 3.31. The predicted octanol–water partition coefficient (Wildman–Crippen LogP) is 0.752. The van der Waals surface area contributed by atoms with Crippen molar-refractivity contribution in [2.75, 3.05) is 20.3 Å². The SMILES string of the molecule is C=C(C)C(=O)OCCOC. The number of carbonyl (C=O) groups is 1. The van der Waals surface area contributed by atoms with Crippen LogP contribution >= 0.6 is 0 Å². The molecule has 0 aliphatic rings. The van der Waals surface area contributed by atoms with Crippen molar-refractivity contribution < 1.29 is 14.3 Å². The molecule has 0 atom stereocenters. The van der Waals surface area contributed by atoms with Crippen LogP contribution in [0.15, 0.2) is 12.2 Å². The van der Waals surface area contributed by atoms with Crippen molar-refractivity contribution in [2.24, 2.45) is 0 Å². The first kappa shape index (κ1) is 9.17. The molecular formula is C7H12O3. The van der Waals surface area contributed by atoms with Crippen LogP contribution in [0.4, 0.5) is 0 Å². The van der Waals surface area contributed by atoms with Crippen LogP contribution in [0.1, 0.15) is 6.92 Å². The fourth-order valence-electron chi connectivity index (χ4n) is 0.341. The summed E-state index contributed by atoms with van der Waals surface area (Å²) in [5.74, 6) is -0.364. The summed E-state index contributed by atoms with van der Waals surface area (Å²) >= 11 is 0. The Labute approximate surface area is 60.6 Å². The first-order valence-corrected chi connectivity index (χ1v) is 3.00. The second-order valence-electron chi connectivity index (χ2n) is 1.91. The van der Waals surface area contributed by atoms with Gasteiger partial charge in [0.2, 0.25) is 0 Å². The predicted molar refractivity (Wildman–Crippen MR) is 37.6 cm³/mol. The summed E-state index contributed by atoms with van der Waals surface area (Å²) < 4.78 is 9.35. The largest absolute Gasteiger partial charge is 0.460 e. The monoisotopic (exact) mass is 144 g/mol. The highest BCUT2D eigenvalue weighted by atomic mass is 16.6. The van der Waals surface area contributed by atoms with Crippen LogP contribution in [-0.4, -0.2) is 26.3 Å². The minimum atomic E-state index is -0.364. The van der Waals surface area contributed by atoms with E-state index in [9.17, 15) is 4.79 Å². The van der Waals surface area contributed by atoms with Crippen molar-refractivity contribution in [2.45, 2.75) is 6.92 Å². The fraction of sp³-hybridized carbons (Fsp3) is 0.571. The molecule has 0 bridgehead atoms. The average molecular weight is 144 g/mol. The topological polar surface area (TPSA) is 35.5 Å². The minimum absolute atomic E-state index is 0.294. The van der Waals surface area contributed by atoms with Gasteiger partial charge in [0.1, 0.15) is 6.61 Å². The summed E-state index contributed by atoms with van der Waals surface area (Å²) in [4.78, 5) is 10.6. The fourth-order valence-corrected chi connectivity index (χ4v) is 0.341. The molecule has 0 aliphatic heterocycles. The summed E-state index contributed by atoms with van der Waals surface area (Å²) in [5.41, 5.74) is 0.413. The highest BCUT2D eigenvalue weighted by molar-refractivity contribution is 5.86. The van der Waals surface area contributed by atoms with E-state index in [-0.39, 0.29) is 5.97 Å². The Bertz CT molecular complexity index is 129. The van der Waals surface area contributed by atoms with Gasteiger partial charge in [-0.25, -0.2) is 4.79 Å². The van der Waals surface area contributed by atoms with Crippen LogP contribution in [0.2, 0.25) is 0 Å². The van der Waals surface area contributed by atoms with Gasteiger partial charge in [-0.15, -0.1) is 0 Å². The van der Waals surface area contributed by atoms with Gasteiger partial charge in [-0.2, -0.15) is 0 Å². The van der Waals surface area contributed by atoms with Crippen molar-refractivity contribution in [3.8, 4) is 0 Å². The Morgan fingerprint density at radius 3 is 2.50 bits per heavy atom. The summed E-state index contributed by atoms with van der Waals surface area (Å²) in [6, 6.07) is 0. The maximum absolute atomic E-state index is 10.6. The number of rotatable bonds is 4. The van der Waals surface area contributed by atoms with Gasteiger partial charge in [-0.3, -0.25) is 0 Å². The van der Waals surface area contributed by atoms with Crippen molar-refractivity contribution in [3.05, 3.63) is 12.2 Å². The molecule has 0 heterocycles. The van der Waals surface area contributed by atoms with Gasteiger partial charge in [-0.1, -0.05) is 6.58 Å². The highest BCUT2D eigenvalue weighted by Crippen LogP contribution is 1.90. The van der Waals surface area contributed by atoms with E-state index in [1.165, 1.54) is 0 Å². The number of ether oxygens (including phenoxy) is 2. The van der Waals surface area contributed by atoms with E-state index in [0.717, 1.165) is 0 Å². The molecule has 0 aromatic rings. The van der Waals surface area contributed by atoms with Gasteiger partial charge < -0.3 is 9.47 Å².